The predicted molar refractivity (Wildman–Crippen MR) is 109 cm³/mol. The summed E-state index contributed by atoms with van der Waals surface area (Å²) in [4.78, 5) is 0. The first-order valence-corrected chi connectivity index (χ1v) is 9.87. The van der Waals surface area contributed by atoms with E-state index in [2.05, 4.69) is 21.2 Å². The topological polar surface area (TPSA) is 50.7 Å². The van der Waals surface area contributed by atoms with Crippen molar-refractivity contribution in [3.63, 3.8) is 0 Å². The Hall–Kier alpha value is -1.27. The number of methoxy groups -OCH3 is 1. The number of unbranched alkanes of at least 4 members (excludes halogenated alkanes) is 2. The zero-order valence-electron chi connectivity index (χ0n) is 14.9. The third-order valence-corrected chi connectivity index (χ3v) is 4.95. The molecule has 0 spiro atoms. The molecule has 6 heteroatoms. The van der Waals surface area contributed by atoms with Crippen LogP contribution in [0.5, 0.6) is 11.5 Å². The molecule has 26 heavy (non-hydrogen) atoms. The largest absolute Gasteiger partial charge is 0.493 e. The fourth-order valence-electron chi connectivity index (χ4n) is 2.60. The van der Waals surface area contributed by atoms with Crippen molar-refractivity contribution in [1.29, 1.82) is 0 Å². The lowest BCUT2D eigenvalue weighted by atomic mass is 10.1. The highest BCUT2D eigenvalue weighted by molar-refractivity contribution is 9.10. The number of halogens is 2. The predicted octanol–water partition coefficient (Wildman–Crippen LogP) is 4.94. The quantitative estimate of drug-likeness (QED) is 0.484. The number of nitrogens with one attached hydrogen (secondary N) is 1. The molecule has 0 heterocycles. The van der Waals surface area contributed by atoms with Crippen LogP contribution in [0.4, 0.5) is 0 Å². The van der Waals surface area contributed by atoms with Crippen molar-refractivity contribution in [3.05, 3.63) is 57.0 Å². The highest BCUT2D eigenvalue weighted by Crippen LogP contribution is 2.36. The number of hydrogen-bond donors (Lipinski definition) is 2. The minimum atomic E-state index is 0.253. The average molecular weight is 443 g/mol. The summed E-state index contributed by atoms with van der Waals surface area (Å²) < 4.78 is 12.5. The third kappa shape index (κ3) is 6.47. The first kappa shape index (κ1) is 21.0. The van der Waals surface area contributed by atoms with E-state index in [1.54, 1.807) is 7.11 Å². The van der Waals surface area contributed by atoms with Crippen molar-refractivity contribution in [2.24, 2.45) is 0 Å². The van der Waals surface area contributed by atoms with Crippen molar-refractivity contribution in [2.45, 2.75) is 32.4 Å². The molecule has 0 aliphatic heterocycles. The van der Waals surface area contributed by atoms with E-state index in [1.165, 1.54) is 0 Å². The number of ether oxygens (including phenoxy) is 2. The van der Waals surface area contributed by atoms with Gasteiger partial charge in [-0.2, -0.15) is 0 Å². The van der Waals surface area contributed by atoms with E-state index in [9.17, 15) is 0 Å². The van der Waals surface area contributed by atoms with Gasteiger partial charge in [-0.15, -0.1) is 0 Å². The van der Waals surface area contributed by atoms with Gasteiger partial charge in [0.25, 0.3) is 0 Å². The second-order valence-electron chi connectivity index (χ2n) is 5.94. The van der Waals surface area contributed by atoms with Crippen LogP contribution in [0, 0.1) is 0 Å². The molecule has 2 aromatic rings. The lowest BCUT2D eigenvalue weighted by molar-refractivity contribution is 0.279. The van der Waals surface area contributed by atoms with Crippen LogP contribution in [-0.4, -0.2) is 25.4 Å². The molecule has 0 atom stereocenters. The van der Waals surface area contributed by atoms with E-state index >= 15 is 0 Å². The van der Waals surface area contributed by atoms with Crippen LogP contribution >= 0.6 is 27.5 Å². The Morgan fingerprint density at radius 1 is 1.15 bits per heavy atom. The van der Waals surface area contributed by atoms with Gasteiger partial charge in [-0.25, -0.2) is 0 Å². The zero-order valence-corrected chi connectivity index (χ0v) is 17.3. The van der Waals surface area contributed by atoms with Gasteiger partial charge >= 0.3 is 0 Å². The molecule has 0 aliphatic carbocycles. The van der Waals surface area contributed by atoms with Crippen molar-refractivity contribution >= 4 is 27.5 Å². The monoisotopic (exact) mass is 441 g/mol. The summed E-state index contributed by atoms with van der Waals surface area (Å²) in [5, 5.41) is 13.0. The van der Waals surface area contributed by atoms with Gasteiger partial charge in [0.1, 0.15) is 6.61 Å². The third-order valence-electron chi connectivity index (χ3n) is 3.97. The molecule has 0 aromatic heterocycles. The second kappa shape index (κ2) is 11.4. The van der Waals surface area contributed by atoms with E-state index in [1.807, 2.05) is 36.4 Å². The zero-order chi connectivity index (χ0) is 18.8. The summed E-state index contributed by atoms with van der Waals surface area (Å²) >= 11 is 9.66. The van der Waals surface area contributed by atoms with Crippen molar-refractivity contribution in [3.8, 4) is 11.5 Å². The van der Waals surface area contributed by atoms with E-state index < -0.39 is 0 Å². The van der Waals surface area contributed by atoms with E-state index in [4.69, 9.17) is 26.2 Å². The molecule has 0 fully saturated rings. The van der Waals surface area contributed by atoms with Crippen LogP contribution < -0.4 is 14.8 Å². The fraction of sp³-hybridized carbons (Fsp3) is 0.400. The maximum Gasteiger partial charge on any atom is 0.167 e. The SMILES string of the molecule is COc1ccc(Br)c(CNCCCCCO)c1OCc1cccc(Cl)c1. The van der Waals surface area contributed by atoms with Crippen LogP contribution in [0.1, 0.15) is 30.4 Å². The smallest absolute Gasteiger partial charge is 0.167 e. The molecule has 2 N–H and O–H groups in total. The van der Waals surface area contributed by atoms with Gasteiger partial charge in [-0.1, -0.05) is 39.7 Å². The molecule has 0 saturated carbocycles. The van der Waals surface area contributed by atoms with Gasteiger partial charge in [0, 0.05) is 28.2 Å². The number of rotatable bonds is 11. The van der Waals surface area contributed by atoms with E-state index in [0.29, 0.717) is 23.9 Å². The summed E-state index contributed by atoms with van der Waals surface area (Å²) in [6.45, 7) is 2.22. The van der Waals surface area contributed by atoms with Gasteiger partial charge in [0.05, 0.1) is 7.11 Å². The Morgan fingerprint density at radius 2 is 2.00 bits per heavy atom. The molecule has 142 valence electrons. The lowest BCUT2D eigenvalue weighted by Gasteiger charge is -2.17. The van der Waals surface area contributed by atoms with Gasteiger partial charge in [0.15, 0.2) is 11.5 Å². The standard InChI is InChI=1S/C20H25BrClNO3/c1-25-19-9-8-18(21)17(13-23-10-3-2-4-11-24)20(19)26-14-15-6-5-7-16(22)12-15/h5-9,12,23-24H,2-4,10-11,13-14H2,1H3. The molecule has 4 nitrogen and oxygen atoms in total. The minimum Gasteiger partial charge on any atom is -0.493 e. The minimum absolute atomic E-state index is 0.253. The van der Waals surface area contributed by atoms with Gasteiger partial charge in [-0.3, -0.25) is 0 Å². The molecule has 0 saturated heterocycles. The van der Waals surface area contributed by atoms with Gasteiger partial charge in [-0.05, 0) is 55.6 Å². The fourth-order valence-corrected chi connectivity index (χ4v) is 3.27. The van der Waals surface area contributed by atoms with Crippen LogP contribution in [0.15, 0.2) is 40.9 Å². The molecule has 0 radical (unpaired) electrons. The summed E-state index contributed by atoms with van der Waals surface area (Å²) in [7, 11) is 1.64. The first-order chi connectivity index (χ1) is 12.7. The molecule has 2 rings (SSSR count). The Labute approximate surface area is 168 Å². The lowest BCUT2D eigenvalue weighted by Crippen LogP contribution is -2.16. The van der Waals surface area contributed by atoms with Crippen LogP contribution in [-0.2, 0) is 13.2 Å². The number of aliphatic hydroxyl groups is 1. The second-order valence-corrected chi connectivity index (χ2v) is 7.23. The number of benzene rings is 2. The average Bonchev–Trinajstić information content (AvgIpc) is 2.64. The summed E-state index contributed by atoms with van der Waals surface area (Å²) in [5.74, 6) is 1.43. The highest BCUT2D eigenvalue weighted by Gasteiger charge is 2.14. The van der Waals surface area contributed by atoms with Crippen molar-refractivity contribution in [1.82, 2.24) is 5.32 Å². The molecule has 0 bridgehead atoms. The van der Waals surface area contributed by atoms with Gasteiger partial charge in [0.2, 0.25) is 0 Å². The van der Waals surface area contributed by atoms with Gasteiger partial charge < -0.3 is 19.9 Å². The Balaban J connectivity index is 2.06. The summed E-state index contributed by atoms with van der Waals surface area (Å²) in [6.07, 6.45) is 2.89. The first-order valence-electron chi connectivity index (χ1n) is 8.70. The number of hydrogen-bond acceptors (Lipinski definition) is 4. The van der Waals surface area contributed by atoms with E-state index in [0.717, 1.165) is 47.2 Å². The maximum absolute atomic E-state index is 8.84. The normalized spacial score (nSPS) is 10.8. The molecule has 0 unspecified atom stereocenters. The van der Waals surface area contributed by atoms with Crippen LogP contribution in [0.25, 0.3) is 0 Å². The van der Waals surface area contributed by atoms with Crippen molar-refractivity contribution < 1.29 is 14.6 Å². The molecular weight excluding hydrogens is 418 g/mol. The number of aliphatic hydroxyl groups excluding tert-OH is 1. The molecule has 2 aromatic carbocycles. The molecule has 0 amide bonds. The summed E-state index contributed by atoms with van der Waals surface area (Å²) in [5.41, 5.74) is 2.02. The van der Waals surface area contributed by atoms with Crippen LogP contribution in [0.2, 0.25) is 5.02 Å². The van der Waals surface area contributed by atoms with Crippen molar-refractivity contribution in [2.75, 3.05) is 20.3 Å². The summed E-state index contributed by atoms with van der Waals surface area (Å²) in [6, 6.07) is 11.5. The Morgan fingerprint density at radius 3 is 2.73 bits per heavy atom. The Kier molecular flexibility index (Phi) is 9.26. The maximum atomic E-state index is 8.84. The Bertz CT molecular complexity index is 697. The van der Waals surface area contributed by atoms with E-state index in [-0.39, 0.29) is 6.61 Å². The molecule has 0 aliphatic rings. The highest BCUT2D eigenvalue weighted by atomic mass is 79.9. The molecular formula is C20H25BrClNO3. The van der Waals surface area contributed by atoms with Crippen LogP contribution in [0.3, 0.4) is 0 Å².